The van der Waals surface area contributed by atoms with E-state index in [1.54, 1.807) is 0 Å². The molecule has 1 aliphatic rings. The van der Waals surface area contributed by atoms with Crippen LogP contribution in [-0.4, -0.2) is 40.1 Å². The number of amides is 2. The smallest absolute Gasteiger partial charge is 0.317 e. The summed E-state index contributed by atoms with van der Waals surface area (Å²) in [6, 6.07) is 10.5. The molecule has 5 nitrogen and oxygen atoms in total. The Kier molecular flexibility index (Phi) is 6.91. The van der Waals surface area contributed by atoms with E-state index >= 15 is 0 Å². The van der Waals surface area contributed by atoms with Crippen molar-refractivity contribution >= 4 is 6.03 Å². The molecule has 5 heteroatoms. The van der Waals surface area contributed by atoms with Gasteiger partial charge in [0, 0.05) is 44.5 Å². The first-order chi connectivity index (χ1) is 13.1. The van der Waals surface area contributed by atoms with Gasteiger partial charge in [0.05, 0.1) is 0 Å². The van der Waals surface area contributed by atoms with Gasteiger partial charge in [-0.1, -0.05) is 44.2 Å². The van der Waals surface area contributed by atoms with E-state index in [9.17, 15) is 4.79 Å². The van der Waals surface area contributed by atoms with Gasteiger partial charge >= 0.3 is 6.03 Å². The van der Waals surface area contributed by atoms with Crippen molar-refractivity contribution in [1.82, 2.24) is 19.8 Å². The molecule has 0 unspecified atom stereocenters. The lowest BCUT2D eigenvalue weighted by atomic mass is 9.96. The Morgan fingerprint density at radius 2 is 1.96 bits per heavy atom. The van der Waals surface area contributed by atoms with Gasteiger partial charge in [-0.15, -0.1) is 0 Å². The summed E-state index contributed by atoms with van der Waals surface area (Å²) in [6.45, 7) is 7.81. The fourth-order valence-electron chi connectivity index (χ4n) is 3.82. The predicted octanol–water partition coefficient (Wildman–Crippen LogP) is 4.06. The molecule has 1 fully saturated rings. The lowest BCUT2D eigenvalue weighted by Gasteiger charge is -2.32. The van der Waals surface area contributed by atoms with E-state index in [0.717, 1.165) is 57.7 Å². The first-order valence-corrected chi connectivity index (χ1v) is 10.2. The zero-order valence-electron chi connectivity index (χ0n) is 16.6. The number of nitrogens with zero attached hydrogens (tertiary/aromatic N) is 3. The van der Waals surface area contributed by atoms with Gasteiger partial charge in [0.2, 0.25) is 0 Å². The molecule has 27 heavy (non-hydrogen) atoms. The van der Waals surface area contributed by atoms with Gasteiger partial charge in [-0.3, -0.25) is 0 Å². The molecule has 0 bridgehead atoms. The van der Waals surface area contributed by atoms with Crippen molar-refractivity contribution in [3.63, 3.8) is 0 Å². The summed E-state index contributed by atoms with van der Waals surface area (Å²) in [5, 5.41) is 3.08. The first-order valence-electron chi connectivity index (χ1n) is 10.2. The summed E-state index contributed by atoms with van der Waals surface area (Å²) in [6.07, 6.45) is 8.09. The summed E-state index contributed by atoms with van der Waals surface area (Å²) >= 11 is 0. The van der Waals surface area contributed by atoms with Crippen LogP contribution in [0.4, 0.5) is 4.79 Å². The Bertz CT molecular complexity index is 702. The van der Waals surface area contributed by atoms with Gasteiger partial charge < -0.3 is 14.8 Å². The molecule has 0 saturated carbocycles. The van der Waals surface area contributed by atoms with E-state index in [1.165, 1.54) is 5.56 Å². The van der Waals surface area contributed by atoms with Crippen LogP contribution < -0.4 is 5.32 Å². The van der Waals surface area contributed by atoms with Crippen molar-refractivity contribution < 1.29 is 4.79 Å². The third-order valence-corrected chi connectivity index (χ3v) is 5.38. The molecule has 1 aliphatic heterocycles. The fourth-order valence-corrected chi connectivity index (χ4v) is 3.82. The van der Waals surface area contributed by atoms with Crippen molar-refractivity contribution in [2.24, 2.45) is 5.92 Å². The largest absolute Gasteiger partial charge is 0.338 e. The highest BCUT2D eigenvalue weighted by Gasteiger charge is 2.23. The molecular weight excluding hydrogens is 336 g/mol. The molecule has 0 atom stereocenters. The molecule has 1 saturated heterocycles. The van der Waals surface area contributed by atoms with E-state index < -0.39 is 0 Å². The highest BCUT2D eigenvalue weighted by atomic mass is 16.2. The van der Waals surface area contributed by atoms with Crippen LogP contribution in [0, 0.1) is 5.92 Å². The second-order valence-electron chi connectivity index (χ2n) is 7.84. The monoisotopic (exact) mass is 368 g/mol. The van der Waals surface area contributed by atoms with Crippen LogP contribution in [0.15, 0.2) is 42.7 Å². The quantitative estimate of drug-likeness (QED) is 0.749. The van der Waals surface area contributed by atoms with Crippen molar-refractivity contribution in [2.75, 3.05) is 19.6 Å². The van der Waals surface area contributed by atoms with E-state index in [0.29, 0.717) is 11.8 Å². The molecule has 2 amide bonds. The summed E-state index contributed by atoms with van der Waals surface area (Å²) in [5.74, 6) is 2.23. The van der Waals surface area contributed by atoms with Crippen LogP contribution >= 0.6 is 0 Å². The number of likely N-dealkylation sites (tertiary alicyclic amines) is 1. The zero-order valence-corrected chi connectivity index (χ0v) is 16.6. The Hall–Kier alpha value is -2.30. The highest BCUT2D eigenvalue weighted by molar-refractivity contribution is 5.74. The van der Waals surface area contributed by atoms with Crippen molar-refractivity contribution in [3.05, 3.63) is 54.1 Å². The van der Waals surface area contributed by atoms with Crippen molar-refractivity contribution in [2.45, 2.75) is 52.0 Å². The minimum absolute atomic E-state index is 0.0898. The minimum Gasteiger partial charge on any atom is -0.338 e. The number of aromatic nitrogens is 2. The molecule has 0 spiro atoms. The van der Waals surface area contributed by atoms with Crippen LogP contribution in [0.3, 0.4) is 0 Å². The highest BCUT2D eigenvalue weighted by Crippen LogP contribution is 2.21. The number of carbonyl (C=O) groups excluding carboxylic acids is 1. The Morgan fingerprint density at radius 1 is 1.22 bits per heavy atom. The Labute approximate surface area is 162 Å². The van der Waals surface area contributed by atoms with Gasteiger partial charge in [-0.05, 0) is 37.2 Å². The number of nitrogens with one attached hydrogen (secondary N) is 1. The third kappa shape index (κ3) is 5.59. The fraction of sp³-hybridized carbons (Fsp3) is 0.545. The van der Waals surface area contributed by atoms with E-state index in [2.05, 4.69) is 59.2 Å². The van der Waals surface area contributed by atoms with Crippen LogP contribution in [0.2, 0.25) is 0 Å². The predicted molar refractivity (Wildman–Crippen MR) is 109 cm³/mol. The number of urea groups is 1. The number of aryl methyl sites for hydroxylation is 1. The first kappa shape index (κ1) is 19.5. The minimum atomic E-state index is 0.0898. The van der Waals surface area contributed by atoms with Crippen LogP contribution in [0.1, 0.15) is 50.4 Å². The summed E-state index contributed by atoms with van der Waals surface area (Å²) in [7, 11) is 0. The number of hydrogen-bond donors (Lipinski definition) is 1. The Balaban J connectivity index is 1.36. The summed E-state index contributed by atoms with van der Waals surface area (Å²) < 4.78 is 2.29. The second-order valence-corrected chi connectivity index (χ2v) is 7.84. The molecular formula is C22H32N4O. The van der Waals surface area contributed by atoms with Gasteiger partial charge in [0.1, 0.15) is 5.82 Å². The summed E-state index contributed by atoms with van der Waals surface area (Å²) in [5.41, 5.74) is 1.33. The van der Waals surface area contributed by atoms with E-state index in [1.807, 2.05) is 17.2 Å². The van der Waals surface area contributed by atoms with E-state index in [-0.39, 0.29) is 6.03 Å². The van der Waals surface area contributed by atoms with Crippen molar-refractivity contribution in [1.29, 1.82) is 0 Å². The summed E-state index contributed by atoms with van der Waals surface area (Å²) in [4.78, 5) is 18.8. The Morgan fingerprint density at radius 3 is 2.67 bits per heavy atom. The van der Waals surface area contributed by atoms with Gasteiger partial charge in [0.15, 0.2) is 0 Å². The SMILES string of the molecule is CC(C)c1nccn1CC1CCN(C(=O)NCCCc2ccccc2)CC1. The standard InChI is InChI=1S/C22H32N4O/c1-18(2)21-23-13-16-26(21)17-20-10-14-25(15-11-20)22(27)24-12-6-9-19-7-4-3-5-8-19/h3-5,7-8,13,16,18,20H,6,9-12,14-15,17H2,1-2H3,(H,24,27). The number of hydrogen-bond acceptors (Lipinski definition) is 2. The lowest BCUT2D eigenvalue weighted by molar-refractivity contribution is 0.165. The van der Waals surface area contributed by atoms with Crippen molar-refractivity contribution in [3.8, 4) is 0 Å². The molecule has 1 aromatic heterocycles. The number of benzene rings is 1. The van der Waals surface area contributed by atoms with Gasteiger partial charge in [-0.2, -0.15) is 0 Å². The maximum Gasteiger partial charge on any atom is 0.317 e. The number of carbonyl (C=O) groups is 1. The van der Waals surface area contributed by atoms with Gasteiger partial charge in [-0.25, -0.2) is 9.78 Å². The molecule has 0 radical (unpaired) electrons. The molecule has 146 valence electrons. The lowest BCUT2D eigenvalue weighted by Crippen LogP contribution is -2.45. The molecule has 1 N–H and O–H groups in total. The molecule has 1 aromatic carbocycles. The maximum atomic E-state index is 12.4. The molecule has 0 aliphatic carbocycles. The topological polar surface area (TPSA) is 50.2 Å². The second kappa shape index (κ2) is 9.58. The van der Waals surface area contributed by atoms with Crippen LogP contribution in [-0.2, 0) is 13.0 Å². The molecule has 2 heterocycles. The average Bonchev–Trinajstić information content (AvgIpc) is 3.15. The zero-order chi connectivity index (χ0) is 19.1. The molecule has 3 rings (SSSR count). The number of piperidine rings is 1. The van der Waals surface area contributed by atoms with E-state index in [4.69, 9.17) is 0 Å². The third-order valence-electron chi connectivity index (χ3n) is 5.38. The molecule has 2 aromatic rings. The number of imidazole rings is 1. The normalized spacial score (nSPS) is 15.3. The van der Waals surface area contributed by atoms with Crippen LogP contribution in [0.5, 0.6) is 0 Å². The van der Waals surface area contributed by atoms with Gasteiger partial charge in [0.25, 0.3) is 0 Å². The van der Waals surface area contributed by atoms with Crippen LogP contribution in [0.25, 0.3) is 0 Å². The number of rotatable bonds is 7. The maximum absolute atomic E-state index is 12.4. The average molecular weight is 369 g/mol.